The Bertz CT molecular complexity index is 598. The molecule has 7 heteroatoms. The van der Waals surface area contributed by atoms with Crippen LogP contribution in [-0.4, -0.2) is 11.8 Å². The molecule has 0 aliphatic carbocycles. The van der Waals surface area contributed by atoms with Crippen molar-refractivity contribution in [1.82, 2.24) is 10.5 Å². The standard InChI is InChI=1S/C14H15BrF2N2O2/c1-8-12(9(2)21-19-8)7-18-6-10-5-11(15)3-4-13(10)20-14(16)17/h3-5,14,18H,6-7H2,1-2H3. The lowest BCUT2D eigenvalue weighted by atomic mass is 10.1. The van der Waals surface area contributed by atoms with Crippen molar-refractivity contribution < 1.29 is 18.0 Å². The molecule has 114 valence electrons. The summed E-state index contributed by atoms with van der Waals surface area (Å²) in [6.45, 7) is 1.79. The lowest BCUT2D eigenvalue weighted by Gasteiger charge is -2.12. The van der Waals surface area contributed by atoms with Crippen molar-refractivity contribution in [3.8, 4) is 5.75 Å². The lowest BCUT2D eigenvalue weighted by Crippen LogP contribution is -2.15. The van der Waals surface area contributed by atoms with E-state index in [4.69, 9.17) is 4.52 Å². The molecule has 0 radical (unpaired) electrons. The van der Waals surface area contributed by atoms with Crippen LogP contribution in [0.3, 0.4) is 0 Å². The zero-order valence-electron chi connectivity index (χ0n) is 11.6. The van der Waals surface area contributed by atoms with E-state index in [9.17, 15) is 8.78 Å². The summed E-state index contributed by atoms with van der Waals surface area (Å²) in [5.74, 6) is 0.915. The molecule has 0 spiro atoms. The van der Waals surface area contributed by atoms with Crippen molar-refractivity contribution in [2.24, 2.45) is 0 Å². The van der Waals surface area contributed by atoms with Gasteiger partial charge in [0.25, 0.3) is 0 Å². The van der Waals surface area contributed by atoms with E-state index in [0.29, 0.717) is 18.7 Å². The van der Waals surface area contributed by atoms with E-state index in [-0.39, 0.29) is 5.75 Å². The summed E-state index contributed by atoms with van der Waals surface area (Å²) in [5, 5.41) is 7.05. The first kappa shape index (κ1) is 15.9. The SMILES string of the molecule is Cc1noc(C)c1CNCc1cc(Br)ccc1OC(F)F. The fraction of sp³-hybridized carbons (Fsp3) is 0.357. The summed E-state index contributed by atoms with van der Waals surface area (Å²) in [4.78, 5) is 0. The second-order valence-corrected chi connectivity index (χ2v) is 5.45. The van der Waals surface area contributed by atoms with Crippen molar-refractivity contribution >= 4 is 15.9 Å². The number of halogens is 3. The summed E-state index contributed by atoms with van der Waals surface area (Å²) >= 11 is 3.32. The number of ether oxygens (including phenoxy) is 1. The van der Waals surface area contributed by atoms with Crippen LogP contribution in [-0.2, 0) is 13.1 Å². The number of benzene rings is 1. The predicted octanol–water partition coefficient (Wildman–Crippen LogP) is 3.95. The zero-order valence-corrected chi connectivity index (χ0v) is 13.2. The average molecular weight is 361 g/mol. The molecule has 0 aliphatic heterocycles. The third kappa shape index (κ3) is 4.25. The second kappa shape index (κ2) is 7.00. The molecule has 0 aliphatic rings. The molecule has 0 bridgehead atoms. The molecule has 0 amide bonds. The van der Waals surface area contributed by atoms with Gasteiger partial charge in [-0.15, -0.1) is 0 Å². The van der Waals surface area contributed by atoms with Crippen molar-refractivity contribution in [2.45, 2.75) is 33.5 Å². The minimum atomic E-state index is -2.84. The maximum atomic E-state index is 12.4. The monoisotopic (exact) mass is 360 g/mol. The van der Waals surface area contributed by atoms with Crippen LogP contribution in [0.5, 0.6) is 5.75 Å². The zero-order chi connectivity index (χ0) is 15.4. The van der Waals surface area contributed by atoms with Crippen molar-refractivity contribution in [3.05, 3.63) is 45.3 Å². The topological polar surface area (TPSA) is 47.3 Å². The average Bonchev–Trinajstić information content (AvgIpc) is 2.73. The molecular weight excluding hydrogens is 346 g/mol. The van der Waals surface area contributed by atoms with Crippen LogP contribution in [0.15, 0.2) is 27.2 Å². The Labute approximate surface area is 129 Å². The Balaban J connectivity index is 2.04. The summed E-state index contributed by atoms with van der Waals surface area (Å²) in [5.41, 5.74) is 2.44. The molecule has 0 saturated heterocycles. The number of alkyl halides is 2. The normalized spacial score (nSPS) is 11.1. The van der Waals surface area contributed by atoms with Crippen molar-refractivity contribution in [3.63, 3.8) is 0 Å². The predicted molar refractivity (Wildman–Crippen MR) is 77.3 cm³/mol. The van der Waals surface area contributed by atoms with E-state index in [0.717, 1.165) is 21.5 Å². The van der Waals surface area contributed by atoms with Gasteiger partial charge in [0.15, 0.2) is 0 Å². The van der Waals surface area contributed by atoms with Gasteiger partial charge >= 0.3 is 6.61 Å². The first-order valence-electron chi connectivity index (χ1n) is 6.33. The Kier molecular flexibility index (Phi) is 5.30. The fourth-order valence-electron chi connectivity index (χ4n) is 1.97. The van der Waals surface area contributed by atoms with Crippen LogP contribution in [0.1, 0.15) is 22.6 Å². The molecule has 1 aromatic carbocycles. The highest BCUT2D eigenvalue weighted by Gasteiger charge is 2.12. The molecule has 1 heterocycles. The molecule has 2 rings (SSSR count). The van der Waals surface area contributed by atoms with Crippen LogP contribution in [0.25, 0.3) is 0 Å². The highest BCUT2D eigenvalue weighted by molar-refractivity contribution is 9.10. The summed E-state index contributed by atoms with van der Waals surface area (Å²) in [6, 6.07) is 4.93. The minimum Gasteiger partial charge on any atom is -0.434 e. The third-order valence-corrected chi connectivity index (χ3v) is 3.53. The second-order valence-electron chi connectivity index (χ2n) is 4.54. The van der Waals surface area contributed by atoms with Gasteiger partial charge in [-0.1, -0.05) is 21.1 Å². The summed E-state index contributed by atoms with van der Waals surface area (Å²) < 4.78 is 35.1. The van der Waals surface area contributed by atoms with Crippen LogP contribution >= 0.6 is 15.9 Å². The molecule has 0 unspecified atom stereocenters. The molecule has 4 nitrogen and oxygen atoms in total. The maximum absolute atomic E-state index is 12.4. The number of rotatable bonds is 6. The van der Waals surface area contributed by atoms with Gasteiger partial charge in [-0.25, -0.2) is 0 Å². The highest BCUT2D eigenvalue weighted by Crippen LogP contribution is 2.25. The Morgan fingerprint density at radius 2 is 2.10 bits per heavy atom. The van der Waals surface area contributed by atoms with E-state index >= 15 is 0 Å². The van der Waals surface area contributed by atoms with Gasteiger partial charge in [0, 0.05) is 28.7 Å². The molecule has 0 atom stereocenters. The van der Waals surface area contributed by atoms with Gasteiger partial charge in [-0.05, 0) is 32.0 Å². The van der Waals surface area contributed by atoms with Crippen LogP contribution in [0.2, 0.25) is 0 Å². The van der Waals surface area contributed by atoms with E-state index in [1.165, 1.54) is 6.07 Å². The lowest BCUT2D eigenvalue weighted by molar-refractivity contribution is -0.0505. The van der Waals surface area contributed by atoms with Crippen LogP contribution < -0.4 is 10.1 Å². The molecule has 1 N–H and O–H groups in total. The van der Waals surface area contributed by atoms with E-state index in [1.54, 1.807) is 12.1 Å². The first-order chi connectivity index (χ1) is 9.97. The third-order valence-electron chi connectivity index (χ3n) is 3.04. The number of nitrogens with zero attached hydrogens (tertiary/aromatic N) is 1. The number of hydrogen-bond donors (Lipinski definition) is 1. The highest BCUT2D eigenvalue weighted by atomic mass is 79.9. The molecule has 1 aromatic heterocycles. The number of aryl methyl sites for hydroxylation is 2. The van der Waals surface area contributed by atoms with Gasteiger partial charge in [-0.3, -0.25) is 0 Å². The van der Waals surface area contributed by atoms with Gasteiger partial charge in [0.1, 0.15) is 11.5 Å². The van der Waals surface area contributed by atoms with Gasteiger partial charge in [0.05, 0.1) is 5.69 Å². The first-order valence-corrected chi connectivity index (χ1v) is 7.12. The largest absolute Gasteiger partial charge is 0.434 e. The molecular formula is C14H15BrF2N2O2. The molecule has 2 aromatic rings. The Morgan fingerprint density at radius 3 is 2.71 bits per heavy atom. The van der Waals surface area contributed by atoms with E-state index in [1.807, 2.05) is 13.8 Å². The van der Waals surface area contributed by atoms with Gasteiger partial charge in [0.2, 0.25) is 0 Å². The molecule has 0 saturated carbocycles. The summed E-state index contributed by atoms with van der Waals surface area (Å²) in [6.07, 6.45) is 0. The molecule has 0 fully saturated rings. The number of nitrogens with one attached hydrogen (secondary N) is 1. The number of aromatic nitrogens is 1. The van der Waals surface area contributed by atoms with Gasteiger partial charge in [-0.2, -0.15) is 8.78 Å². The van der Waals surface area contributed by atoms with Crippen LogP contribution in [0.4, 0.5) is 8.78 Å². The minimum absolute atomic E-state index is 0.166. The van der Waals surface area contributed by atoms with E-state index in [2.05, 4.69) is 31.1 Å². The maximum Gasteiger partial charge on any atom is 0.387 e. The Morgan fingerprint density at radius 1 is 1.33 bits per heavy atom. The van der Waals surface area contributed by atoms with Gasteiger partial charge < -0.3 is 14.6 Å². The number of hydrogen-bond acceptors (Lipinski definition) is 4. The van der Waals surface area contributed by atoms with Crippen molar-refractivity contribution in [2.75, 3.05) is 0 Å². The smallest absolute Gasteiger partial charge is 0.387 e. The van der Waals surface area contributed by atoms with Crippen LogP contribution in [0, 0.1) is 13.8 Å². The van der Waals surface area contributed by atoms with E-state index < -0.39 is 6.61 Å². The fourth-order valence-corrected chi connectivity index (χ4v) is 2.38. The molecule has 21 heavy (non-hydrogen) atoms. The Hall–Kier alpha value is -1.47. The van der Waals surface area contributed by atoms with Crippen molar-refractivity contribution in [1.29, 1.82) is 0 Å². The summed E-state index contributed by atoms with van der Waals surface area (Å²) in [7, 11) is 0. The quantitative estimate of drug-likeness (QED) is 0.847.